The molecule has 0 unspecified atom stereocenters. The Labute approximate surface area is 141 Å². The van der Waals surface area contributed by atoms with Crippen molar-refractivity contribution in [1.29, 1.82) is 0 Å². The Bertz CT molecular complexity index is 695. The van der Waals surface area contributed by atoms with Gasteiger partial charge in [-0.15, -0.1) is 0 Å². The molecule has 0 aliphatic heterocycles. The highest BCUT2D eigenvalue weighted by atomic mass is 16.2. The average molecular weight is 320 g/mol. The summed E-state index contributed by atoms with van der Waals surface area (Å²) >= 11 is 0. The van der Waals surface area contributed by atoms with E-state index in [9.17, 15) is 9.59 Å². The van der Waals surface area contributed by atoms with E-state index in [1.807, 2.05) is 60.7 Å². The van der Waals surface area contributed by atoms with E-state index in [4.69, 9.17) is 0 Å². The fourth-order valence-electron chi connectivity index (χ4n) is 3.41. The summed E-state index contributed by atoms with van der Waals surface area (Å²) in [6.07, 6.45) is 3.29. The summed E-state index contributed by atoms with van der Waals surface area (Å²) < 4.78 is 0. The molecule has 2 N–H and O–H groups in total. The Kier molecular flexibility index (Phi) is 3.41. The van der Waals surface area contributed by atoms with E-state index >= 15 is 0 Å². The number of hydrazine groups is 1. The number of hydrogen-bond donors (Lipinski definition) is 2. The Hall–Kier alpha value is -2.62. The number of rotatable bonds is 4. The van der Waals surface area contributed by atoms with E-state index in [2.05, 4.69) is 10.9 Å². The van der Waals surface area contributed by atoms with Crippen molar-refractivity contribution in [2.45, 2.75) is 36.5 Å². The van der Waals surface area contributed by atoms with Crippen molar-refractivity contribution < 1.29 is 9.59 Å². The molecule has 0 spiro atoms. The summed E-state index contributed by atoms with van der Waals surface area (Å²) in [5.41, 5.74) is 6.40. The van der Waals surface area contributed by atoms with E-state index in [-0.39, 0.29) is 11.8 Å². The van der Waals surface area contributed by atoms with Gasteiger partial charge in [-0.05, 0) is 36.8 Å². The quantitative estimate of drug-likeness (QED) is 0.851. The largest absolute Gasteiger partial charge is 0.272 e. The van der Waals surface area contributed by atoms with E-state index in [1.165, 1.54) is 0 Å². The van der Waals surface area contributed by atoms with Crippen molar-refractivity contribution in [3.63, 3.8) is 0 Å². The zero-order chi connectivity index (χ0) is 16.6. The van der Waals surface area contributed by atoms with E-state index in [0.717, 1.165) is 36.8 Å². The minimum absolute atomic E-state index is 0.120. The van der Waals surface area contributed by atoms with Gasteiger partial charge in [0.05, 0.1) is 10.8 Å². The number of carbonyl (C=O) groups is 2. The second kappa shape index (κ2) is 5.48. The number of nitrogens with one attached hydrogen (secondary N) is 2. The normalized spacial score (nSPS) is 19.2. The minimum atomic E-state index is -0.474. The van der Waals surface area contributed by atoms with Gasteiger partial charge in [-0.25, -0.2) is 0 Å². The lowest BCUT2D eigenvalue weighted by Gasteiger charge is -2.19. The van der Waals surface area contributed by atoms with Gasteiger partial charge in [0, 0.05) is 0 Å². The van der Waals surface area contributed by atoms with Crippen LogP contribution in [0.3, 0.4) is 0 Å². The van der Waals surface area contributed by atoms with Crippen LogP contribution in [0.4, 0.5) is 0 Å². The zero-order valence-corrected chi connectivity index (χ0v) is 13.4. The van der Waals surface area contributed by atoms with Crippen LogP contribution in [0.2, 0.25) is 0 Å². The van der Waals surface area contributed by atoms with Gasteiger partial charge in [-0.1, -0.05) is 60.7 Å². The first kappa shape index (κ1) is 14.9. The molecule has 2 aliphatic rings. The van der Waals surface area contributed by atoms with Gasteiger partial charge in [0.15, 0.2) is 0 Å². The van der Waals surface area contributed by atoms with Gasteiger partial charge in [-0.3, -0.25) is 20.4 Å². The molecule has 24 heavy (non-hydrogen) atoms. The van der Waals surface area contributed by atoms with Crippen LogP contribution < -0.4 is 10.9 Å². The van der Waals surface area contributed by atoms with Gasteiger partial charge >= 0.3 is 0 Å². The van der Waals surface area contributed by atoms with Gasteiger partial charge in [0.25, 0.3) is 0 Å². The summed E-state index contributed by atoms with van der Waals surface area (Å²) in [7, 11) is 0. The van der Waals surface area contributed by atoms with Crippen molar-refractivity contribution in [3.8, 4) is 0 Å². The van der Waals surface area contributed by atoms with Crippen LogP contribution in [0.25, 0.3) is 0 Å². The Balaban J connectivity index is 1.43. The summed E-state index contributed by atoms with van der Waals surface area (Å²) in [6, 6.07) is 19.5. The van der Waals surface area contributed by atoms with Crippen LogP contribution in [0.5, 0.6) is 0 Å². The number of benzene rings is 2. The highest BCUT2D eigenvalue weighted by molar-refractivity contribution is 5.96. The van der Waals surface area contributed by atoms with E-state index in [1.54, 1.807) is 0 Å². The maximum absolute atomic E-state index is 12.6. The lowest BCUT2D eigenvalue weighted by molar-refractivity contribution is -0.131. The predicted molar refractivity (Wildman–Crippen MR) is 91.0 cm³/mol. The molecule has 2 aromatic carbocycles. The molecule has 0 atom stereocenters. The molecule has 4 heteroatoms. The lowest BCUT2D eigenvalue weighted by atomic mass is 9.95. The summed E-state index contributed by atoms with van der Waals surface area (Å²) in [6.45, 7) is 0. The Morgan fingerprint density at radius 1 is 0.625 bits per heavy atom. The monoisotopic (exact) mass is 320 g/mol. The van der Waals surface area contributed by atoms with Gasteiger partial charge < -0.3 is 0 Å². The van der Waals surface area contributed by atoms with E-state index in [0.29, 0.717) is 0 Å². The van der Waals surface area contributed by atoms with Crippen LogP contribution in [-0.2, 0) is 20.4 Å². The Morgan fingerprint density at radius 3 is 1.25 bits per heavy atom. The second-order valence-corrected chi connectivity index (χ2v) is 6.80. The van der Waals surface area contributed by atoms with Crippen LogP contribution in [0.15, 0.2) is 60.7 Å². The van der Waals surface area contributed by atoms with Crippen LogP contribution in [0, 0.1) is 0 Å². The van der Waals surface area contributed by atoms with Gasteiger partial charge in [-0.2, -0.15) is 0 Å². The molecule has 0 radical (unpaired) electrons. The first-order chi connectivity index (χ1) is 11.7. The molecule has 2 fully saturated rings. The third-order valence-corrected chi connectivity index (χ3v) is 5.31. The van der Waals surface area contributed by atoms with Crippen molar-refractivity contribution in [3.05, 3.63) is 71.8 Å². The van der Waals surface area contributed by atoms with Crippen molar-refractivity contribution in [2.75, 3.05) is 0 Å². The standard InChI is InChI=1S/C20H20N2O2/c23-17(19(11-12-19)15-7-3-1-4-8-15)21-22-18(24)20(13-14-20)16-9-5-2-6-10-16/h1-10H,11-14H2,(H,21,23)(H,22,24). The Morgan fingerprint density at radius 2 is 0.958 bits per heavy atom. The molecule has 2 saturated carbocycles. The van der Waals surface area contributed by atoms with Crippen LogP contribution >= 0.6 is 0 Å². The molecular weight excluding hydrogens is 300 g/mol. The van der Waals surface area contributed by atoms with Crippen LogP contribution in [0.1, 0.15) is 36.8 Å². The van der Waals surface area contributed by atoms with Crippen molar-refractivity contribution >= 4 is 11.8 Å². The predicted octanol–water partition coefficient (Wildman–Crippen LogP) is 2.60. The molecule has 122 valence electrons. The topological polar surface area (TPSA) is 58.2 Å². The first-order valence-electron chi connectivity index (χ1n) is 8.39. The van der Waals surface area contributed by atoms with Gasteiger partial charge in [0.2, 0.25) is 11.8 Å². The van der Waals surface area contributed by atoms with Crippen molar-refractivity contribution in [1.82, 2.24) is 10.9 Å². The van der Waals surface area contributed by atoms with Crippen molar-refractivity contribution in [2.24, 2.45) is 0 Å². The fraction of sp³-hybridized carbons (Fsp3) is 0.300. The second-order valence-electron chi connectivity index (χ2n) is 6.80. The summed E-state index contributed by atoms with van der Waals surface area (Å²) in [5.74, 6) is -0.239. The fourth-order valence-corrected chi connectivity index (χ4v) is 3.41. The molecule has 2 aromatic rings. The van der Waals surface area contributed by atoms with E-state index < -0.39 is 10.8 Å². The maximum atomic E-state index is 12.6. The minimum Gasteiger partial charge on any atom is -0.272 e. The molecule has 4 nitrogen and oxygen atoms in total. The number of amides is 2. The number of hydrogen-bond acceptors (Lipinski definition) is 2. The molecule has 4 rings (SSSR count). The highest BCUT2D eigenvalue weighted by Crippen LogP contribution is 2.49. The smallest absolute Gasteiger partial charge is 0.249 e. The molecule has 2 amide bonds. The third kappa shape index (κ3) is 2.39. The average Bonchev–Trinajstić information content (AvgIpc) is 3.55. The molecular formula is C20H20N2O2. The molecule has 0 bridgehead atoms. The molecule has 0 heterocycles. The first-order valence-corrected chi connectivity index (χ1v) is 8.39. The maximum Gasteiger partial charge on any atom is 0.249 e. The molecule has 0 aromatic heterocycles. The molecule has 0 saturated heterocycles. The SMILES string of the molecule is O=C(NNC(=O)C1(c2ccccc2)CC1)C1(c2ccccc2)CC1. The summed E-state index contributed by atoms with van der Waals surface area (Å²) in [4.78, 5) is 25.2. The highest BCUT2D eigenvalue weighted by Gasteiger charge is 2.53. The van der Waals surface area contributed by atoms with Crippen LogP contribution in [-0.4, -0.2) is 11.8 Å². The number of carbonyl (C=O) groups excluding carboxylic acids is 2. The summed E-state index contributed by atoms with van der Waals surface area (Å²) in [5, 5.41) is 0. The zero-order valence-electron chi connectivity index (χ0n) is 13.4. The van der Waals surface area contributed by atoms with Gasteiger partial charge in [0.1, 0.15) is 0 Å². The third-order valence-electron chi connectivity index (χ3n) is 5.31. The lowest BCUT2D eigenvalue weighted by Crippen LogP contribution is -2.49. The molecule has 2 aliphatic carbocycles.